The number of nitrogens with zero attached hydrogens (tertiary/aromatic N) is 3. The van der Waals surface area contributed by atoms with E-state index in [0.717, 1.165) is 40.9 Å². The number of aromatic nitrogens is 3. The lowest BCUT2D eigenvalue weighted by molar-refractivity contribution is -0.593. The first-order valence-corrected chi connectivity index (χ1v) is 10.7. The van der Waals surface area contributed by atoms with Crippen molar-refractivity contribution in [2.75, 3.05) is 0 Å². The normalized spacial score (nSPS) is 10.9. The molecule has 0 aliphatic carbocycles. The highest BCUT2D eigenvalue weighted by Gasteiger charge is 2.16. The van der Waals surface area contributed by atoms with Gasteiger partial charge in [-0.3, -0.25) is 0 Å². The Morgan fingerprint density at radius 2 is 1.81 bits per heavy atom. The summed E-state index contributed by atoms with van der Waals surface area (Å²) >= 11 is 0. The monoisotopic (exact) mass is 427 g/mol. The molecular formula is C26H25N3O3. The fourth-order valence-corrected chi connectivity index (χ4v) is 3.78. The quantitative estimate of drug-likeness (QED) is 0.319. The van der Waals surface area contributed by atoms with Crippen molar-refractivity contribution in [2.24, 2.45) is 0 Å². The molecular weight excluding hydrogens is 402 g/mol. The van der Waals surface area contributed by atoms with Gasteiger partial charge in [-0.15, -0.1) is 0 Å². The molecule has 0 amide bonds. The van der Waals surface area contributed by atoms with E-state index in [2.05, 4.69) is 11.5 Å². The number of unbranched alkanes of at least 4 members (excludes halogenated alkanes) is 1. The topological polar surface area (TPSA) is 82.1 Å². The van der Waals surface area contributed by atoms with Gasteiger partial charge in [-0.25, -0.2) is 9.78 Å². The number of aromatic carboxylic acids is 1. The first-order valence-electron chi connectivity index (χ1n) is 10.7. The molecule has 0 saturated carbocycles. The highest BCUT2D eigenvalue weighted by molar-refractivity contribution is 5.95. The van der Waals surface area contributed by atoms with Crippen molar-refractivity contribution in [2.45, 2.75) is 32.7 Å². The number of hydrogen-bond donors (Lipinski definition) is 1. The minimum atomic E-state index is -0.937. The van der Waals surface area contributed by atoms with Crippen LogP contribution in [-0.4, -0.2) is 20.6 Å². The molecule has 6 heteroatoms. The Morgan fingerprint density at radius 1 is 1.06 bits per heavy atom. The van der Waals surface area contributed by atoms with Gasteiger partial charge >= 0.3 is 5.97 Å². The Labute approximate surface area is 187 Å². The van der Waals surface area contributed by atoms with E-state index in [9.17, 15) is 15.1 Å². The molecule has 0 atom stereocenters. The van der Waals surface area contributed by atoms with Crippen molar-refractivity contribution in [1.29, 1.82) is 0 Å². The zero-order valence-electron chi connectivity index (χ0n) is 17.9. The molecule has 0 unspecified atom stereocenters. The Kier molecular flexibility index (Phi) is 6.31. The van der Waals surface area contributed by atoms with Gasteiger partial charge in [-0.05, 0) is 35.2 Å². The van der Waals surface area contributed by atoms with Crippen LogP contribution in [0.15, 0.2) is 79.1 Å². The molecule has 2 heterocycles. The summed E-state index contributed by atoms with van der Waals surface area (Å²) in [6, 6.07) is 20.2. The summed E-state index contributed by atoms with van der Waals surface area (Å²) in [6.45, 7) is 2.77. The second kappa shape index (κ2) is 9.47. The molecule has 0 radical (unpaired) electrons. The molecule has 4 rings (SSSR count). The summed E-state index contributed by atoms with van der Waals surface area (Å²) in [5.74, 6) is 0.0127. The van der Waals surface area contributed by atoms with Crippen LogP contribution in [0.2, 0.25) is 0 Å². The van der Waals surface area contributed by atoms with Gasteiger partial charge in [0.15, 0.2) is 11.9 Å². The smallest absolute Gasteiger partial charge is 0.336 e. The number of benzene rings is 2. The first-order chi connectivity index (χ1) is 15.6. The van der Waals surface area contributed by atoms with Crippen molar-refractivity contribution in [3.8, 4) is 22.5 Å². The molecule has 4 aromatic rings. The van der Waals surface area contributed by atoms with Crippen LogP contribution in [-0.2, 0) is 13.0 Å². The average Bonchev–Trinajstić information content (AvgIpc) is 3.20. The molecule has 32 heavy (non-hydrogen) atoms. The molecule has 0 saturated heterocycles. The van der Waals surface area contributed by atoms with Crippen LogP contribution in [0.1, 0.15) is 41.5 Å². The molecule has 1 N–H and O–H groups in total. The number of carboxylic acids is 1. The van der Waals surface area contributed by atoms with Crippen LogP contribution < -0.4 is 4.73 Å². The Morgan fingerprint density at radius 3 is 2.53 bits per heavy atom. The fourth-order valence-electron chi connectivity index (χ4n) is 3.78. The van der Waals surface area contributed by atoms with E-state index in [1.54, 1.807) is 24.3 Å². The maximum absolute atomic E-state index is 12.2. The molecule has 0 spiro atoms. The molecule has 0 aliphatic rings. The second-order valence-electron chi connectivity index (χ2n) is 7.73. The number of hydrogen-bond acceptors (Lipinski definition) is 3. The molecule has 0 fully saturated rings. The number of aryl methyl sites for hydroxylation is 1. The summed E-state index contributed by atoms with van der Waals surface area (Å²) in [5, 5.41) is 21.6. The van der Waals surface area contributed by atoms with Gasteiger partial charge in [0.25, 0.3) is 0 Å². The van der Waals surface area contributed by atoms with Crippen molar-refractivity contribution in [1.82, 2.24) is 9.55 Å². The zero-order valence-corrected chi connectivity index (χ0v) is 17.9. The number of pyridine rings is 1. The molecule has 2 aromatic heterocycles. The van der Waals surface area contributed by atoms with Crippen molar-refractivity contribution in [3.63, 3.8) is 0 Å². The Balaban J connectivity index is 1.62. The number of carbonyl (C=O) groups is 1. The predicted molar refractivity (Wildman–Crippen MR) is 123 cm³/mol. The van der Waals surface area contributed by atoms with Crippen molar-refractivity contribution >= 4 is 5.97 Å². The van der Waals surface area contributed by atoms with Crippen LogP contribution in [0.5, 0.6) is 0 Å². The molecule has 0 aliphatic heterocycles. The predicted octanol–water partition coefficient (Wildman–Crippen LogP) is 4.94. The third-order valence-corrected chi connectivity index (χ3v) is 5.47. The highest BCUT2D eigenvalue weighted by Crippen LogP contribution is 2.25. The lowest BCUT2D eigenvalue weighted by atomic mass is 9.99. The summed E-state index contributed by atoms with van der Waals surface area (Å²) in [5.41, 5.74) is 4.12. The van der Waals surface area contributed by atoms with Crippen molar-refractivity contribution in [3.05, 3.63) is 101 Å². The minimum absolute atomic E-state index is 0.287. The average molecular weight is 428 g/mol. The number of carboxylic acid groups (broad SMARTS) is 1. The lowest BCUT2D eigenvalue weighted by Crippen LogP contribution is -2.27. The van der Waals surface area contributed by atoms with Crippen LogP contribution >= 0.6 is 0 Å². The van der Waals surface area contributed by atoms with Crippen LogP contribution in [0.4, 0.5) is 0 Å². The molecule has 162 valence electrons. The molecule has 6 nitrogen and oxygen atoms in total. The third kappa shape index (κ3) is 4.54. The Bertz CT molecular complexity index is 1230. The third-order valence-electron chi connectivity index (χ3n) is 5.47. The van der Waals surface area contributed by atoms with E-state index in [4.69, 9.17) is 4.98 Å². The zero-order chi connectivity index (χ0) is 22.5. The maximum atomic E-state index is 12.2. The SMILES string of the molecule is CCCCc1nc(-c2cccc[n+]2[O-])cn1Cc1ccc(-c2ccccc2C(=O)O)cc1. The fraction of sp³-hybridized carbons (Fsp3) is 0.192. The van der Waals surface area contributed by atoms with Gasteiger partial charge in [-0.1, -0.05) is 55.8 Å². The van der Waals surface area contributed by atoms with Gasteiger partial charge in [0.05, 0.1) is 5.56 Å². The van der Waals surface area contributed by atoms with Gasteiger partial charge in [0, 0.05) is 31.3 Å². The van der Waals surface area contributed by atoms with Gasteiger partial charge in [-0.2, -0.15) is 4.73 Å². The molecule has 2 aromatic carbocycles. The Hall–Kier alpha value is -3.93. The minimum Gasteiger partial charge on any atom is -0.618 e. The summed E-state index contributed by atoms with van der Waals surface area (Å²) < 4.78 is 2.93. The van der Waals surface area contributed by atoms with E-state index in [1.165, 1.54) is 6.20 Å². The molecule has 0 bridgehead atoms. The van der Waals surface area contributed by atoms with Crippen molar-refractivity contribution < 1.29 is 14.6 Å². The van der Waals surface area contributed by atoms with E-state index in [-0.39, 0.29) is 5.56 Å². The van der Waals surface area contributed by atoms with E-state index in [1.807, 2.05) is 48.7 Å². The maximum Gasteiger partial charge on any atom is 0.336 e. The van der Waals surface area contributed by atoms with E-state index < -0.39 is 5.97 Å². The summed E-state index contributed by atoms with van der Waals surface area (Å²) in [4.78, 5) is 16.3. The standard InChI is InChI=1S/C26H25N3O3/c1-2-3-11-25-27-23(24-10-6-7-16-29(24)32)18-28(25)17-19-12-14-20(15-13-19)21-8-4-5-9-22(21)26(30)31/h4-10,12-16,18H,2-3,11,17H2,1H3,(H,30,31). The van der Waals surface area contributed by atoms with Gasteiger partial charge in [0.2, 0.25) is 5.69 Å². The van der Waals surface area contributed by atoms with E-state index in [0.29, 0.717) is 23.5 Å². The largest absolute Gasteiger partial charge is 0.618 e. The van der Waals surface area contributed by atoms with Crippen LogP contribution in [0, 0.1) is 5.21 Å². The van der Waals surface area contributed by atoms with Crippen LogP contribution in [0.25, 0.3) is 22.5 Å². The lowest BCUT2D eigenvalue weighted by Gasteiger charge is -2.10. The second-order valence-corrected chi connectivity index (χ2v) is 7.73. The summed E-state index contributed by atoms with van der Waals surface area (Å²) in [6.07, 6.45) is 6.34. The number of imidazole rings is 1. The van der Waals surface area contributed by atoms with Crippen LogP contribution in [0.3, 0.4) is 0 Å². The highest BCUT2D eigenvalue weighted by atomic mass is 16.5. The summed E-state index contributed by atoms with van der Waals surface area (Å²) in [7, 11) is 0. The first kappa shape index (κ1) is 21.3. The number of rotatable bonds is 8. The van der Waals surface area contributed by atoms with E-state index >= 15 is 0 Å². The van der Waals surface area contributed by atoms with Gasteiger partial charge in [0.1, 0.15) is 5.82 Å². The van der Waals surface area contributed by atoms with Gasteiger partial charge < -0.3 is 14.9 Å².